The van der Waals surface area contributed by atoms with Gasteiger partial charge in [-0.3, -0.25) is 4.79 Å². The van der Waals surface area contributed by atoms with Crippen LogP contribution in [0.4, 0.5) is 32.3 Å². The number of halogens is 1. The second kappa shape index (κ2) is 7.77. The molecule has 0 saturated heterocycles. The number of anilines is 4. The maximum Gasteiger partial charge on any atom is 0.316 e. The van der Waals surface area contributed by atoms with Gasteiger partial charge in [0.1, 0.15) is 0 Å². The zero-order valence-electron chi connectivity index (χ0n) is 16.4. The number of carbonyl (C=O) groups excluding carboxylic acids is 2. The molecular formula is C20H24FN7O2. The highest BCUT2D eigenvalue weighted by atomic mass is 19.1. The van der Waals surface area contributed by atoms with Crippen LogP contribution in [0.15, 0.2) is 30.5 Å². The van der Waals surface area contributed by atoms with E-state index in [1.165, 1.54) is 0 Å². The third-order valence-electron chi connectivity index (χ3n) is 6.10. The predicted molar refractivity (Wildman–Crippen MR) is 110 cm³/mol. The van der Waals surface area contributed by atoms with Gasteiger partial charge in [0.2, 0.25) is 11.9 Å². The quantitative estimate of drug-likeness (QED) is 0.491. The summed E-state index contributed by atoms with van der Waals surface area (Å²) in [6.07, 6.45) is 2.94. The average Bonchev–Trinajstić information content (AvgIpc) is 3.21. The van der Waals surface area contributed by atoms with E-state index in [4.69, 9.17) is 11.5 Å². The van der Waals surface area contributed by atoms with E-state index in [1.54, 1.807) is 24.3 Å². The number of carbonyl (C=O) groups is 2. The largest absolute Gasteiger partial charge is 0.369 e. The fourth-order valence-electron chi connectivity index (χ4n) is 4.92. The van der Waals surface area contributed by atoms with Gasteiger partial charge in [0.25, 0.3) is 0 Å². The normalized spacial score (nSPS) is 26.9. The molecule has 2 aliphatic rings. The van der Waals surface area contributed by atoms with E-state index in [-0.39, 0.29) is 41.5 Å². The topological polar surface area (TPSA) is 148 Å². The van der Waals surface area contributed by atoms with E-state index in [2.05, 4.69) is 32.8 Å². The smallest absolute Gasteiger partial charge is 0.316 e. The van der Waals surface area contributed by atoms with Gasteiger partial charge >= 0.3 is 6.03 Å². The van der Waals surface area contributed by atoms with Gasteiger partial charge in [-0.25, -0.2) is 14.2 Å². The summed E-state index contributed by atoms with van der Waals surface area (Å²) < 4.78 is 14.4. The molecule has 0 spiro atoms. The molecule has 9 nitrogen and oxygen atoms in total. The standard InChI is InChI=1S/C20H24FN7O2/c1-9-5-10-6-13(9)16(15(10)17(22)29)27-18-14(21)8-24-20(28-18)26-12-4-2-3-11(7-12)25-19(23)30/h2-4,7-10,13,15-16H,5-6H2,1H3,(H2,22,29)(H3,23,25,30)(H2,24,26,27,28)/t9-,10-,13-,15+,16-/m1/s1. The first-order valence-electron chi connectivity index (χ1n) is 9.83. The van der Waals surface area contributed by atoms with Gasteiger partial charge < -0.3 is 27.4 Å². The van der Waals surface area contributed by atoms with E-state index >= 15 is 0 Å². The Balaban J connectivity index is 1.54. The summed E-state index contributed by atoms with van der Waals surface area (Å²) >= 11 is 0. The van der Waals surface area contributed by atoms with Crippen LogP contribution in [0.5, 0.6) is 0 Å². The molecule has 3 amide bonds. The van der Waals surface area contributed by atoms with E-state index < -0.39 is 11.8 Å². The predicted octanol–water partition coefficient (Wildman–Crippen LogP) is 2.41. The maximum atomic E-state index is 14.4. The van der Waals surface area contributed by atoms with Gasteiger partial charge in [0.05, 0.1) is 12.1 Å². The fraction of sp³-hybridized carbons (Fsp3) is 0.400. The number of amides is 3. The maximum absolute atomic E-state index is 14.4. The first-order valence-corrected chi connectivity index (χ1v) is 9.83. The first-order chi connectivity index (χ1) is 14.3. The molecule has 0 unspecified atom stereocenters. The Kier molecular flexibility index (Phi) is 5.15. The second-order valence-corrected chi connectivity index (χ2v) is 8.06. The summed E-state index contributed by atoms with van der Waals surface area (Å²) in [6.45, 7) is 2.15. The minimum absolute atomic E-state index is 0.0231. The molecule has 7 N–H and O–H groups in total. The summed E-state index contributed by atoms with van der Waals surface area (Å²) in [5, 5.41) is 8.58. The number of urea groups is 1. The van der Waals surface area contributed by atoms with Crippen LogP contribution in [-0.2, 0) is 4.79 Å². The highest BCUT2D eigenvalue weighted by Crippen LogP contribution is 2.52. The molecule has 5 atom stereocenters. The SMILES string of the molecule is C[C@@H]1C[C@@H]2C[C@H]1[C@@H](Nc1nc(Nc3cccc(NC(N)=O)c3)ncc1F)[C@H]2C(N)=O. The van der Waals surface area contributed by atoms with Crippen molar-refractivity contribution in [3.63, 3.8) is 0 Å². The van der Waals surface area contributed by atoms with Gasteiger partial charge in [0, 0.05) is 17.4 Å². The second-order valence-electron chi connectivity index (χ2n) is 8.06. The Morgan fingerprint density at radius 1 is 1.20 bits per heavy atom. The van der Waals surface area contributed by atoms with Crippen molar-refractivity contribution in [2.24, 2.45) is 35.1 Å². The molecule has 4 rings (SSSR count). The number of hydrogen-bond donors (Lipinski definition) is 5. The van der Waals surface area contributed by atoms with Gasteiger partial charge in [-0.1, -0.05) is 13.0 Å². The molecule has 1 aromatic carbocycles. The van der Waals surface area contributed by atoms with Crippen LogP contribution in [0.3, 0.4) is 0 Å². The van der Waals surface area contributed by atoms with Crippen LogP contribution in [-0.4, -0.2) is 27.9 Å². The number of fused-ring (bicyclic) bond motifs is 2. The van der Waals surface area contributed by atoms with E-state index in [9.17, 15) is 14.0 Å². The van der Waals surface area contributed by atoms with Crippen molar-refractivity contribution in [1.82, 2.24) is 9.97 Å². The Labute approximate surface area is 172 Å². The summed E-state index contributed by atoms with van der Waals surface area (Å²) in [6, 6.07) is 5.84. The molecule has 1 heterocycles. The first kappa shape index (κ1) is 19.9. The molecule has 2 bridgehead atoms. The van der Waals surface area contributed by atoms with E-state index in [0.29, 0.717) is 17.3 Å². The third-order valence-corrected chi connectivity index (χ3v) is 6.10. The third kappa shape index (κ3) is 3.85. The molecule has 0 radical (unpaired) electrons. The monoisotopic (exact) mass is 413 g/mol. The number of benzene rings is 1. The number of nitrogens with two attached hydrogens (primary N) is 2. The Bertz CT molecular complexity index is 985. The lowest BCUT2D eigenvalue weighted by molar-refractivity contribution is -0.123. The zero-order valence-corrected chi connectivity index (χ0v) is 16.4. The Morgan fingerprint density at radius 3 is 2.70 bits per heavy atom. The van der Waals surface area contributed by atoms with Gasteiger partial charge in [0.15, 0.2) is 11.6 Å². The number of aromatic nitrogens is 2. The van der Waals surface area contributed by atoms with Crippen molar-refractivity contribution in [3.05, 3.63) is 36.3 Å². The van der Waals surface area contributed by atoms with Crippen molar-refractivity contribution in [2.75, 3.05) is 16.0 Å². The lowest BCUT2D eigenvalue weighted by Crippen LogP contribution is -2.44. The summed E-state index contributed by atoms with van der Waals surface area (Å²) in [5.41, 5.74) is 11.8. The van der Waals surface area contributed by atoms with Crippen LogP contribution >= 0.6 is 0 Å². The average molecular weight is 413 g/mol. The van der Waals surface area contributed by atoms with Gasteiger partial charge in [-0.05, 0) is 48.8 Å². The number of hydrogen-bond acceptors (Lipinski definition) is 6. The lowest BCUT2D eigenvalue weighted by Gasteiger charge is -2.33. The molecular weight excluding hydrogens is 389 g/mol. The van der Waals surface area contributed by atoms with Gasteiger partial charge in [-0.15, -0.1) is 0 Å². The highest BCUT2D eigenvalue weighted by molar-refractivity contribution is 5.88. The van der Waals surface area contributed by atoms with Crippen molar-refractivity contribution in [1.29, 1.82) is 0 Å². The highest BCUT2D eigenvalue weighted by Gasteiger charge is 2.53. The van der Waals surface area contributed by atoms with Crippen LogP contribution in [0.1, 0.15) is 19.8 Å². The molecule has 2 aliphatic carbocycles. The molecule has 158 valence electrons. The lowest BCUT2D eigenvalue weighted by atomic mass is 9.78. The van der Waals surface area contributed by atoms with Gasteiger partial charge in [-0.2, -0.15) is 4.98 Å². The van der Waals surface area contributed by atoms with E-state index in [0.717, 1.165) is 19.0 Å². The number of nitrogens with zero attached hydrogens (tertiary/aromatic N) is 2. The van der Waals surface area contributed by atoms with Crippen LogP contribution in [0.25, 0.3) is 0 Å². The molecule has 2 fully saturated rings. The number of rotatable bonds is 6. The van der Waals surface area contributed by atoms with Crippen LogP contribution in [0.2, 0.25) is 0 Å². The minimum atomic E-state index is -0.680. The number of primary amides is 2. The van der Waals surface area contributed by atoms with Crippen LogP contribution < -0.4 is 27.4 Å². The minimum Gasteiger partial charge on any atom is -0.369 e. The van der Waals surface area contributed by atoms with Crippen molar-refractivity contribution >= 4 is 35.1 Å². The molecule has 10 heteroatoms. The molecule has 0 aliphatic heterocycles. The zero-order chi connectivity index (χ0) is 21.4. The Morgan fingerprint density at radius 2 is 1.97 bits per heavy atom. The molecule has 1 aromatic heterocycles. The number of nitrogens with one attached hydrogen (secondary N) is 3. The summed E-state index contributed by atoms with van der Waals surface area (Å²) in [4.78, 5) is 31.3. The molecule has 30 heavy (non-hydrogen) atoms. The fourth-order valence-corrected chi connectivity index (χ4v) is 4.92. The summed E-state index contributed by atoms with van der Waals surface area (Å²) in [7, 11) is 0. The van der Waals surface area contributed by atoms with E-state index in [1.807, 2.05) is 0 Å². The summed E-state index contributed by atoms with van der Waals surface area (Å²) in [5.74, 6) is -0.212. The molecule has 2 saturated carbocycles. The van der Waals surface area contributed by atoms with Crippen molar-refractivity contribution < 1.29 is 14.0 Å². The Hall–Kier alpha value is -3.43. The van der Waals surface area contributed by atoms with Crippen LogP contribution in [0, 0.1) is 29.5 Å². The van der Waals surface area contributed by atoms with Crippen molar-refractivity contribution in [3.8, 4) is 0 Å². The molecule has 2 aromatic rings. The van der Waals surface area contributed by atoms with Crippen molar-refractivity contribution in [2.45, 2.75) is 25.8 Å².